The number of fused-ring (bicyclic) bond motifs is 3. The zero-order valence-electron chi connectivity index (χ0n) is 17.7. The van der Waals surface area contributed by atoms with Crippen LogP contribution in [0.15, 0.2) is 16.9 Å². The van der Waals surface area contributed by atoms with Crippen molar-refractivity contribution in [2.75, 3.05) is 27.4 Å². The van der Waals surface area contributed by atoms with E-state index in [1.807, 2.05) is 20.8 Å². The normalized spacial score (nSPS) is 15.0. The highest BCUT2D eigenvalue weighted by atomic mass is 16.5. The molecule has 1 unspecified atom stereocenters. The standard InChI is InChI=1S/C21H26N2O7/c1-21(2,3)17-11-9-12(20(25)26)18(24)22-15(11)16-13(30-17)10-14(19(23-16)28-5)29-8-6-7-27-4/h9-10,17H,6-8H2,1-5H3,(H,22,24)(H,25,26). The van der Waals surface area contributed by atoms with Crippen LogP contribution in [0.4, 0.5) is 0 Å². The van der Waals surface area contributed by atoms with Gasteiger partial charge in [-0.05, 0) is 6.07 Å². The third-order valence-corrected chi connectivity index (χ3v) is 4.72. The van der Waals surface area contributed by atoms with Crippen LogP contribution in [0.2, 0.25) is 0 Å². The molecule has 9 heteroatoms. The maximum atomic E-state index is 12.4. The van der Waals surface area contributed by atoms with Gasteiger partial charge in [-0.2, -0.15) is 0 Å². The zero-order chi connectivity index (χ0) is 22.1. The van der Waals surface area contributed by atoms with E-state index in [9.17, 15) is 14.7 Å². The number of pyridine rings is 2. The fourth-order valence-electron chi connectivity index (χ4n) is 3.31. The number of hydrogen-bond donors (Lipinski definition) is 2. The van der Waals surface area contributed by atoms with Crippen LogP contribution < -0.4 is 19.8 Å². The van der Waals surface area contributed by atoms with E-state index in [-0.39, 0.29) is 16.9 Å². The van der Waals surface area contributed by atoms with Crippen molar-refractivity contribution in [3.8, 4) is 28.8 Å². The Kier molecular flexibility index (Phi) is 6.02. The molecule has 0 bridgehead atoms. The molecule has 0 radical (unpaired) electrons. The first-order chi connectivity index (χ1) is 14.2. The average Bonchev–Trinajstić information content (AvgIpc) is 2.68. The number of aromatic nitrogens is 2. The maximum absolute atomic E-state index is 12.4. The second kappa shape index (κ2) is 8.35. The molecule has 2 aromatic heterocycles. The van der Waals surface area contributed by atoms with E-state index in [0.717, 1.165) is 0 Å². The summed E-state index contributed by atoms with van der Waals surface area (Å²) in [4.78, 5) is 31.0. The Morgan fingerprint density at radius 3 is 2.60 bits per heavy atom. The van der Waals surface area contributed by atoms with Crippen molar-refractivity contribution in [1.29, 1.82) is 0 Å². The van der Waals surface area contributed by atoms with E-state index < -0.39 is 17.6 Å². The van der Waals surface area contributed by atoms with Crippen molar-refractivity contribution >= 4 is 5.97 Å². The van der Waals surface area contributed by atoms with E-state index in [1.54, 1.807) is 13.2 Å². The quantitative estimate of drug-likeness (QED) is 0.659. The van der Waals surface area contributed by atoms with Crippen molar-refractivity contribution in [2.24, 2.45) is 5.41 Å². The van der Waals surface area contributed by atoms with Crippen molar-refractivity contribution in [1.82, 2.24) is 9.97 Å². The fraction of sp³-hybridized carbons (Fsp3) is 0.476. The van der Waals surface area contributed by atoms with Crippen LogP contribution in [0, 0.1) is 5.41 Å². The summed E-state index contributed by atoms with van der Waals surface area (Å²) in [6.07, 6.45) is 0.183. The molecule has 0 fully saturated rings. The lowest BCUT2D eigenvalue weighted by molar-refractivity contribution is 0.0690. The Morgan fingerprint density at radius 1 is 1.27 bits per heavy atom. The molecular formula is C21H26N2O7. The zero-order valence-corrected chi connectivity index (χ0v) is 17.7. The lowest BCUT2D eigenvalue weighted by Gasteiger charge is -2.36. The number of carboxylic acids is 1. The summed E-state index contributed by atoms with van der Waals surface area (Å²) >= 11 is 0. The lowest BCUT2D eigenvalue weighted by Crippen LogP contribution is -2.30. The number of carbonyl (C=O) groups is 1. The summed E-state index contributed by atoms with van der Waals surface area (Å²) in [6, 6.07) is 3.04. The highest BCUT2D eigenvalue weighted by Crippen LogP contribution is 2.49. The number of aromatic carboxylic acids is 1. The summed E-state index contributed by atoms with van der Waals surface area (Å²) in [5, 5.41) is 9.37. The summed E-state index contributed by atoms with van der Waals surface area (Å²) in [5.41, 5.74) is -0.117. The number of aromatic amines is 1. The van der Waals surface area contributed by atoms with E-state index in [1.165, 1.54) is 13.2 Å². The molecule has 0 aliphatic carbocycles. The van der Waals surface area contributed by atoms with Gasteiger partial charge in [0.05, 0.1) is 19.4 Å². The van der Waals surface area contributed by atoms with E-state index in [4.69, 9.17) is 18.9 Å². The number of nitrogens with zero attached hydrogens (tertiary/aromatic N) is 1. The van der Waals surface area contributed by atoms with Crippen LogP contribution in [0.3, 0.4) is 0 Å². The van der Waals surface area contributed by atoms with Crippen LogP contribution >= 0.6 is 0 Å². The minimum atomic E-state index is -1.30. The van der Waals surface area contributed by atoms with Crippen LogP contribution in [0.25, 0.3) is 11.4 Å². The third-order valence-electron chi connectivity index (χ3n) is 4.72. The van der Waals surface area contributed by atoms with Gasteiger partial charge in [-0.3, -0.25) is 4.79 Å². The van der Waals surface area contributed by atoms with Crippen LogP contribution in [-0.4, -0.2) is 48.5 Å². The highest BCUT2D eigenvalue weighted by molar-refractivity contribution is 5.88. The second-order valence-electron chi connectivity index (χ2n) is 8.05. The number of rotatable bonds is 7. The first-order valence-corrected chi connectivity index (χ1v) is 9.55. The van der Waals surface area contributed by atoms with Crippen molar-refractivity contribution in [3.05, 3.63) is 33.6 Å². The van der Waals surface area contributed by atoms with Gasteiger partial charge in [0.1, 0.15) is 17.4 Å². The van der Waals surface area contributed by atoms with Gasteiger partial charge in [0.25, 0.3) is 11.4 Å². The Bertz CT molecular complexity index is 1010. The minimum Gasteiger partial charge on any atom is -0.488 e. The largest absolute Gasteiger partial charge is 0.488 e. The molecule has 3 rings (SSSR count). The summed E-state index contributed by atoms with van der Waals surface area (Å²) in [5.74, 6) is -0.238. The minimum absolute atomic E-state index is 0.234. The molecule has 0 spiro atoms. The van der Waals surface area contributed by atoms with Crippen LogP contribution in [0.5, 0.6) is 17.4 Å². The van der Waals surface area contributed by atoms with Gasteiger partial charge in [0, 0.05) is 37.2 Å². The monoisotopic (exact) mass is 418 g/mol. The van der Waals surface area contributed by atoms with Gasteiger partial charge in [-0.15, -0.1) is 0 Å². The Balaban J connectivity index is 2.14. The smallest absolute Gasteiger partial charge is 0.341 e. The molecule has 162 valence electrons. The molecule has 0 saturated heterocycles. The number of carboxylic acid groups (broad SMARTS) is 1. The predicted molar refractivity (Wildman–Crippen MR) is 109 cm³/mol. The molecule has 1 aliphatic heterocycles. The molecule has 0 amide bonds. The molecule has 0 aromatic carbocycles. The van der Waals surface area contributed by atoms with Gasteiger partial charge >= 0.3 is 5.97 Å². The average molecular weight is 418 g/mol. The van der Waals surface area contributed by atoms with Crippen LogP contribution in [-0.2, 0) is 4.74 Å². The molecule has 2 aromatic rings. The number of H-pyrrole nitrogens is 1. The molecule has 1 aliphatic rings. The van der Waals surface area contributed by atoms with Crippen molar-refractivity contribution in [3.63, 3.8) is 0 Å². The molecular weight excluding hydrogens is 392 g/mol. The van der Waals surface area contributed by atoms with E-state index in [0.29, 0.717) is 48.1 Å². The first kappa shape index (κ1) is 21.6. The first-order valence-electron chi connectivity index (χ1n) is 9.55. The number of hydrogen-bond acceptors (Lipinski definition) is 7. The van der Waals surface area contributed by atoms with E-state index in [2.05, 4.69) is 9.97 Å². The van der Waals surface area contributed by atoms with Gasteiger partial charge < -0.3 is 29.0 Å². The summed E-state index contributed by atoms with van der Waals surface area (Å²) in [7, 11) is 3.09. The molecule has 0 saturated carbocycles. The Hall–Kier alpha value is -3.07. The number of ether oxygens (including phenoxy) is 4. The Labute approximate surface area is 174 Å². The summed E-state index contributed by atoms with van der Waals surface area (Å²) in [6.45, 7) is 6.87. The van der Waals surface area contributed by atoms with Gasteiger partial charge in [-0.25, -0.2) is 9.78 Å². The number of methoxy groups -OCH3 is 2. The summed E-state index contributed by atoms with van der Waals surface area (Å²) < 4.78 is 22.4. The topological polar surface area (TPSA) is 120 Å². The molecule has 30 heavy (non-hydrogen) atoms. The second-order valence-corrected chi connectivity index (χ2v) is 8.05. The fourth-order valence-corrected chi connectivity index (χ4v) is 3.31. The molecule has 2 N–H and O–H groups in total. The van der Waals surface area contributed by atoms with Crippen molar-refractivity contribution in [2.45, 2.75) is 33.3 Å². The maximum Gasteiger partial charge on any atom is 0.341 e. The highest BCUT2D eigenvalue weighted by Gasteiger charge is 2.38. The molecule has 3 heterocycles. The van der Waals surface area contributed by atoms with Gasteiger partial charge in [0.2, 0.25) is 0 Å². The SMILES string of the molecule is COCCCOc1cc2c(nc1OC)-c1[nH]c(=O)c(C(=O)O)cc1C(C(C)(C)C)O2. The lowest BCUT2D eigenvalue weighted by atomic mass is 9.82. The third kappa shape index (κ3) is 4.11. The molecule has 9 nitrogen and oxygen atoms in total. The van der Waals surface area contributed by atoms with Gasteiger partial charge in [0.15, 0.2) is 11.5 Å². The van der Waals surface area contributed by atoms with Gasteiger partial charge in [-0.1, -0.05) is 20.8 Å². The van der Waals surface area contributed by atoms with E-state index >= 15 is 0 Å². The molecule has 1 atom stereocenters. The van der Waals surface area contributed by atoms with Crippen molar-refractivity contribution < 1.29 is 28.8 Å². The van der Waals surface area contributed by atoms with Crippen LogP contribution in [0.1, 0.15) is 49.2 Å². The predicted octanol–water partition coefficient (Wildman–Crippen LogP) is 3.04. The Morgan fingerprint density at radius 2 is 2.00 bits per heavy atom. The number of nitrogens with one attached hydrogen (secondary N) is 1.